The third kappa shape index (κ3) is 4.26. The smallest absolute Gasteiger partial charge is 0.339 e. The Balaban J connectivity index is 1.99. The van der Waals surface area contributed by atoms with Crippen molar-refractivity contribution >= 4 is 23.5 Å². The average Bonchev–Trinajstić information content (AvgIpc) is 2.87. The molecule has 23 heavy (non-hydrogen) atoms. The molecule has 1 amide bonds. The Morgan fingerprint density at radius 2 is 2.09 bits per heavy atom. The van der Waals surface area contributed by atoms with E-state index in [-0.39, 0.29) is 24.4 Å². The van der Waals surface area contributed by atoms with E-state index in [0.717, 1.165) is 0 Å². The lowest BCUT2D eigenvalue weighted by atomic mass is 10.1. The molecule has 0 spiro atoms. The van der Waals surface area contributed by atoms with Gasteiger partial charge < -0.3 is 19.6 Å². The largest absolute Gasteiger partial charge is 0.496 e. The number of nitrogens with one attached hydrogen (secondary N) is 1. The molecule has 0 aliphatic carbocycles. The first kappa shape index (κ1) is 16.9. The molecule has 2 N–H and O–H groups in total. The van der Waals surface area contributed by atoms with Gasteiger partial charge in [-0.25, -0.2) is 4.79 Å². The zero-order valence-corrected chi connectivity index (χ0v) is 13.4. The second-order valence-electron chi connectivity index (χ2n) is 4.90. The van der Waals surface area contributed by atoms with Crippen LogP contribution in [-0.4, -0.2) is 24.1 Å². The van der Waals surface area contributed by atoms with Crippen molar-refractivity contribution in [1.29, 1.82) is 0 Å². The summed E-state index contributed by atoms with van der Waals surface area (Å²) in [7, 11) is 1.52. The Labute approximate surface area is 138 Å². The topological polar surface area (TPSA) is 88.8 Å². The standard InChI is InChI=1S/C16H16ClNO5/c1-9-13(16(20)21)7-12(23-9)8-18-15(19)6-10-5-11(17)3-4-14(10)22-2/h3-5,7H,6,8H2,1-2H3,(H,18,19)(H,20,21). The lowest BCUT2D eigenvalue weighted by Gasteiger charge is -2.09. The monoisotopic (exact) mass is 337 g/mol. The number of carbonyl (C=O) groups is 2. The summed E-state index contributed by atoms with van der Waals surface area (Å²) in [4.78, 5) is 23.0. The summed E-state index contributed by atoms with van der Waals surface area (Å²) in [6, 6.07) is 6.44. The second kappa shape index (κ2) is 7.19. The molecule has 0 aliphatic heterocycles. The number of carbonyl (C=O) groups excluding carboxylic acids is 1. The molecule has 2 rings (SSSR count). The van der Waals surface area contributed by atoms with Gasteiger partial charge in [-0.05, 0) is 31.2 Å². The highest BCUT2D eigenvalue weighted by Gasteiger charge is 2.15. The van der Waals surface area contributed by atoms with Gasteiger partial charge in [-0.3, -0.25) is 4.79 Å². The minimum Gasteiger partial charge on any atom is -0.496 e. The normalized spacial score (nSPS) is 10.4. The Bertz CT molecular complexity index is 738. The molecule has 1 heterocycles. The van der Waals surface area contributed by atoms with Crippen LogP contribution in [0.2, 0.25) is 5.02 Å². The molecule has 7 heteroatoms. The average molecular weight is 338 g/mol. The number of halogens is 1. The summed E-state index contributed by atoms with van der Waals surface area (Å²) >= 11 is 5.92. The van der Waals surface area contributed by atoms with E-state index in [0.29, 0.717) is 27.9 Å². The van der Waals surface area contributed by atoms with Crippen molar-refractivity contribution in [2.45, 2.75) is 19.9 Å². The van der Waals surface area contributed by atoms with Gasteiger partial charge in [0.1, 0.15) is 22.8 Å². The number of rotatable bonds is 6. The Kier molecular flexibility index (Phi) is 5.28. The molecule has 1 aromatic heterocycles. The van der Waals surface area contributed by atoms with Crippen molar-refractivity contribution in [3.63, 3.8) is 0 Å². The molecule has 2 aromatic rings. The number of carboxylic acids is 1. The van der Waals surface area contributed by atoms with Gasteiger partial charge in [0.25, 0.3) is 0 Å². The fraction of sp³-hybridized carbons (Fsp3) is 0.250. The van der Waals surface area contributed by atoms with Crippen LogP contribution in [0.25, 0.3) is 0 Å². The molecule has 0 atom stereocenters. The molecule has 122 valence electrons. The van der Waals surface area contributed by atoms with E-state index in [9.17, 15) is 9.59 Å². The number of methoxy groups -OCH3 is 1. The highest BCUT2D eigenvalue weighted by atomic mass is 35.5. The van der Waals surface area contributed by atoms with Crippen molar-refractivity contribution in [2.24, 2.45) is 0 Å². The zero-order chi connectivity index (χ0) is 17.0. The van der Waals surface area contributed by atoms with Crippen LogP contribution in [0.3, 0.4) is 0 Å². The molecule has 0 fully saturated rings. The van der Waals surface area contributed by atoms with Crippen LogP contribution in [0.1, 0.15) is 27.4 Å². The molecule has 0 aliphatic rings. The SMILES string of the molecule is COc1ccc(Cl)cc1CC(=O)NCc1cc(C(=O)O)c(C)o1. The fourth-order valence-electron chi connectivity index (χ4n) is 2.15. The maximum absolute atomic E-state index is 12.0. The third-order valence-corrected chi connectivity index (χ3v) is 3.49. The van der Waals surface area contributed by atoms with Crippen LogP contribution < -0.4 is 10.1 Å². The minimum absolute atomic E-state index is 0.0887. The van der Waals surface area contributed by atoms with E-state index in [4.69, 9.17) is 25.9 Å². The number of amides is 1. The predicted octanol–water partition coefficient (Wildman–Crippen LogP) is 2.81. The van der Waals surface area contributed by atoms with Crippen LogP contribution in [0, 0.1) is 6.92 Å². The lowest BCUT2D eigenvalue weighted by molar-refractivity contribution is -0.120. The summed E-state index contributed by atoms with van der Waals surface area (Å²) in [5, 5.41) is 12.1. The summed E-state index contributed by atoms with van der Waals surface area (Å²) < 4.78 is 10.5. The number of hydrogen-bond donors (Lipinski definition) is 2. The number of hydrogen-bond acceptors (Lipinski definition) is 4. The van der Waals surface area contributed by atoms with Gasteiger partial charge in [0.05, 0.1) is 20.1 Å². The molecular formula is C16H16ClNO5. The van der Waals surface area contributed by atoms with Crippen molar-refractivity contribution in [3.05, 3.63) is 51.9 Å². The van der Waals surface area contributed by atoms with Gasteiger partial charge in [-0.15, -0.1) is 0 Å². The van der Waals surface area contributed by atoms with E-state index < -0.39 is 5.97 Å². The molecule has 0 bridgehead atoms. The molecule has 0 saturated carbocycles. The summed E-state index contributed by atoms with van der Waals surface area (Å²) in [5.41, 5.74) is 0.755. The minimum atomic E-state index is -1.06. The van der Waals surface area contributed by atoms with E-state index >= 15 is 0 Å². The van der Waals surface area contributed by atoms with Crippen LogP contribution >= 0.6 is 11.6 Å². The highest BCUT2D eigenvalue weighted by Crippen LogP contribution is 2.23. The van der Waals surface area contributed by atoms with E-state index in [1.165, 1.54) is 13.2 Å². The Hall–Kier alpha value is -2.47. The van der Waals surface area contributed by atoms with Gasteiger partial charge in [-0.2, -0.15) is 0 Å². The van der Waals surface area contributed by atoms with Gasteiger partial charge in [-0.1, -0.05) is 11.6 Å². The zero-order valence-electron chi connectivity index (χ0n) is 12.7. The Morgan fingerprint density at radius 3 is 2.70 bits per heavy atom. The number of carboxylic acid groups (broad SMARTS) is 1. The first-order chi connectivity index (χ1) is 10.9. The van der Waals surface area contributed by atoms with Crippen LogP contribution in [0.5, 0.6) is 5.75 Å². The molecule has 0 unspecified atom stereocenters. The van der Waals surface area contributed by atoms with Crippen molar-refractivity contribution in [1.82, 2.24) is 5.32 Å². The lowest BCUT2D eigenvalue weighted by Crippen LogP contribution is -2.24. The van der Waals surface area contributed by atoms with E-state index in [2.05, 4.69) is 5.32 Å². The molecule has 0 radical (unpaired) electrons. The number of ether oxygens (including phenoxy) is 1. The van der Waals surface area contributed by atoms with Crippen molar-refractivity contribution < 1.29 is 23.8 Å². The van der Waals surface area contributed by atoms with Crippen LogP contribution in [0.15, 0.2) is 28.7 Å². The summed E-state index contributed by atoms with van der Waals surface area (Å²) in [6.45, 7) is 1.67. The molecule has 0 saturated heterocycles. The van der Waals surface area contributed by atoms with Gasteiger partial charge in [0, 0.05) is 10.6 Å². The number of furan rings is 1. The number of aromatic carboxylic acids is 1. The van der Waals surface area contributed by atoms with Crippen molar-refractivity contribution in [2.75, 3.05) is 7.11 Å². The molecule has 1 aromatic carbocycles. The fourth-order valence-corrected chi connectivity index (χ4v) is 2.34. The van der Waals surface area contributed by atoms with Crippen molar-refractivity contribution in [3.8, 4) is 5.75 Å². The van der Waals surface area contributed by atoms with Gasteiger partial charge in [0.2, 0.25) is 5.91 Å². The maximum Gasteiger partial charge on any atom is 0.339 e. The van der Waals surface area contributed by atoms with E-state index in [1.54, 1.807) is 25.1 Å². The second-order valence-corrected chi connectivity index (χ2v) is 5.33. The quantitative estimate of drug-likeness (QED) is 0.846. The Morgan fingerprint density at radius 1 is 1.35 bits per heavy atom. The summed E-state index contributed by atoms with van der Waals surface area (Å²) in [5.74, 6) is -0.0555. The molecule has 6 nitrogen and oxygen atoms in total. The predicted molar refractivity (Wildman–Crippen MR) is 84.0 cm³/mol. The summed E-state index contributed by atoms with van der Waals surface area (Å²) in [6.07, 6.45) is 0.0925. The number of benzene rings is 1. The first-order valence-electron chi connectivity index (χ1n) is 6.82. The highest BCUT2D eigenvalue weighted by molar-refractivity contribution is 6.30. The van der Waals surface area contributed by atoms with Gasteiger partial charge >= 0.3 is 5.97 Å². The first-order valence-corrected chi connectivity index (χ1v) is 7.20. The van der Waals surface area contributed by atoms with Crippen LogP contribution in [-0.2, 0) is 17.8 Å². The van der Waals surface area contributed by atoms with Gasteiger partial charge in [0.15, 0.2) is 0 Å². The third-order valence-electron chi connectivity index (χ3n) is 3.25. The van der Waals surface area contributed by atoms with Crippen LogP contribution in [0.4, 0.5) is 0 Å². The number of aryl methyl sites for hydroxylation is 1. The van der Waals surface area contributed by atoms with E-state index in [1.807, 2.05) is 0 Å². The maximum atomic E-state index is 12.0. The molecular weight excluding hydrogens is 322 g/mol.